The van der Waals surface area contributed by atoms with Crippen LogP contribution in [0.25, 0.3) is 22.3 Å². The minimum absolute atomic E-state index is 0.287. The molecule has 0 radical (unpaired) electrons. The zero-order valence-electron chi connectivity index (χ0n) is 21.0. The summed E-state index contributed by atoms with van der Waals surface area (Å²) in [5, 5.41) is 17.4. The quantitative estimate of drug-likeness (QED) is 0.207. The van der Waals surface area contributed by atoms with Gasteiger partial charge in [-0.25, -0.2) is 14.6 Å². The number of fused-ring (bicyclic) bond motifs is 1. The molecule has 9 nitrogen and oxygen atoms in total. The average Bonchev–Trinajstić information content (AvgIpc) is 3.41. The molecule has 0 aliphatic heterocycles. The van der Waals surface area contributed by atoms with Crippen LogP contribution in [-0.2, 0) is 6.54 Å². The van der Waals surface area contributed by atoms with Gasteiger partial charge in [-0.15, -0.1) is 0 Å². The maximum absolute atomic E-state index is 13.1. The number of aryl methyl sites for hydroxylation is 1. The molecular weight excluding hydrogens is 498 g/mol. The topological polar surface area (TPSA) is 111 Å². The van der Waals surface area contributed by atoms with Gasteiger partial charge in [0.05, 0.1) is 23.2 Å². The van der Waals surface area contributed by atoms with Crippen molar-refractivity contribution in [2.24, 2.45) is 5.92 Å². The van der Waals surface area contributed by atoms with Crippen molar-refractivity contribution in [3.63, 3.8) is 0 Å². The standard InChI is InChI=1S/C25H30ClN7O2S/c1-14(2)12-28-22-18-13-29-33(23(18)31-25(30-22)36-15(3)4)11-10-27-24(34)20-16(5)35-32-21(20)17-8-6-7-9-19(17)26/h6-9,13-15H,10-12H2,1-5H3,(H,27,34)(H,28,30,31). The molecule has 0 fully saturated rings. The summed E-state index contributed by atoms with van der Waals surface area (Å²) in [6, 6.07) is 7.23. The number of carbonyl (C=O) groups excluding carboxylic acids is 1. The minimum Gasteiger partial charge on any atom is -0.369 e. The summed E-state index contributed by atoms with van der Waals surface area (Å²) in [5.74, 6) is 1.38. The number of nitrogens with zero attached hydrogens (tertiary/aromatic N) is 5. The van der Waals surface area contributed by atoms with Gasteiger partial charge in [0.2, 0.25) is 0 Å². The number of hydrogen-bond donors (Lipinski definition) is 2. The second-order valence-corrected chi connectivity index (χ2v) is 11.1. The Morgan fingerprint density at radius 2 is 1.97 bits per heavy atom. The summed E-state index contributed by atoms with van der Waals surface area (Å²) in [6.45, 7) is 11.8. The maximum Gasteiger partial charge on any atom is 0.257 e. The summed E-state index contributed by atoms with van der Waals surface area (Å²) >= 11 is 7.93. The predicted octanol–water partition coefficient (Wildman–Crippen LogP) is 5.44. The summed E-state index contributed by atoms with van der Waals surface area (Å²) in [6.07, 6.45) is 1.77. The average molecular weight is 528 g/mol. The molecular formula is C25H30ClN7O2S. The van der Waals surface area contributed by atoms with E-state index in [4.69, 9.17) is 26.1 Å². The molecule has 11 heteroatoms. The van der Waals surface area contributed by atoms with E-state index in [1.165, 1.54) is 0 Å². The van der Waals surface area contributed by atoms with Crippen molar-refractivity contribution in [2.75, 3.05) is 18.4 Å². The van der Waals surface area contributed by atoms with Gasteiger partial charge in [-0.3, -0.25) is 4.79 Å². The van der Waals surface area contributed by atoms with Gasteiger partial charge in [0, 0.05) is 23.9 Å². The fourth-order valence-electron chi connectivity index (χ4n) is 3.64. The van der Waals surface area contributed by atoms with Crippen LogP contribution in [0.2, 0.25) is 5.02 Å². The Balaban J connectivity index is 1.53. The van der Waals surface area contributed by atoms with Gasteiger partial charge < -0.3 is 15.2 Å². The SMILES string of the molecule is Cc1onc(-c2ccccc2Cl)c1C(=O)NCCn1ncc2c(NCC(C)C)nc(SC(C)C)nc21. The second kappa shape index (κ2) is 11.3. The molecule has 3 aromatic heterocycles. The van der Waals surface area contributed by atoms with Crippen LogP contribution in [0.1, 0.15) is 43.8 Å². The number of anilines is 1. The van der Waals surface area contributed by atoms with Crippen LogP contribution in [0.5, 0.6) is 0 Å². The van der Waals surface area contributed by atoms with Crippen molar-refractivity contribution in [3.8, 4) is 11.3 Å². The Labute approximate surface area is 219 Å². The molecule has 4 rings (SSSR count). The third kappa shape index (κ3) is 5.82. The molecule has 1 amide bonds. The lowest BCUT2D eigenvalue weighted by atomic mass is 10.1. The van der Waals surface area contributed by atoms with Crippen molar-refractivity contribution >= 4 is 46.1 Å². The monoisotopic (exact) mass is 527 g/mol. The second-order valence-electron chi connectivity index (χ2n) is 9.10. The largest absolute Gasteiger partial charge is 0.369 e. The number of carbonyl (C=O) groups is 1. The number of halogens is 1. The Morgan fingerprint density at radius 1 is 1.19 bits per heavy atom. The van der Waals surface area contributed by atoms with Crippen molar-refractivity contribution in [3.05, 3.63) is 46.8 Å². The minimum atomic E-state index is -0.287. The lowest BCUT2D eigenvalue weighted by molar-refractivity contribution is 0.0951. The molecule has 0 unspecified atom stereocenters. The molecule has 0 saturated carbocycles. The lowest BCUT2D eigenvalue weighted by Crippen LogP contribution is -2.28. The van der Waals surface area contributed by atoms with Crippen LogP contribution in [0.3, 0.4) is 0 Å². The van der Waals surface area contributed by atoms with E-state index in [1.54, 1.807) is 35.6 Å². The van der Waals surface area contributed by atoms with Gasteiger partial charge in [0.15, 0.2) is 10.8 Å². The Morgan fingerprint density at radius 3 is 2.69 bits per heavy atom. The van der Waals surface area contributed by atoms with Crippen molar-refractivity contribution in [2.45, 2.75) is 51.6 Å². The Kier molecular flexibility index (Phi) is 8.15. The van der Waals surface area contributed by atoms with E-state index in [1.807, 2.05) is 18.2 Å². The van der Waals surface area contributed by atoms with Crippen LogP contribution in [0, 0.1) is 12.8 Å². The van der Waals surface area contributed by atoms with E-state index in [-0.39, 0.29) is 5.91 Å². The van der Waals surface area contributed by atoms with Gasteiger partial charge in [0.25, 0.3) is 5.91 Å². The zero-order chi connectivity index (χ0) is 25.8. The summed E-state index contributed by atoms with van der Waals surface area (Å²) in [5.41, 5.74) is 2.16. The molecule has 190 valence electrons. The molecule has 36 heavy (non-hydrogen) atoms. The highest BCUT2D eigenvalue weighted by Gasteiger charge is 2.23. The third-order valence-electron chi connectivity index (χ3n) is 5.32. The van der Waals surface area contributed by atoms with E-state index >= 15 is 0 Å². The van der Waals surface area contributed by atoms with Crippen molar-refractivity contribution < 1.29 is 9.32 Å². The van der Waals surface area contributed by atoms with Crippen molar-refractivity contribution in [1.29, 1.82) is 0 Å². The molecule has 3 heterocycles. The zero-order valence-corrected chi connectivity index (χ0v) is 22.6. The first-order chi connectivity index (χ1) is 17.2. The van der Waals surface area contributed by atoms with Crippen LogP contribution >= 0.6 is 23.4 Å². The fourth-order valence-corrected chi connectivity index (χ4v) is 4.57. The highest BCUT2D eigenvalue weighted by molar-refractivity contribution is 7.99. The normalized spacial score (nSPS) is 11.6. The molecule has 4 aromatic rings. The summed E-state index contributed by atoms with van der Waals surface area (Å²) in [7, 11) is 0. The summed E-state index contributed by atoms with van der Waals surface area (Å²) in [4.78, 5) is 22.5. The maximum atomic E-state index is 13.1. The molecule has 1 aromatic carbocycles. The Hall–Kier alpha value is -3.11. The van der Waals surface area contributed by atoms with Gasteiger partial charge in [-0.1, -0.05) is 74.4 Å². The highest BCUT2D eigenvalue weighted by Crippen LogP contribution is 2.31. The van der Waals surface area contributed by atoms with Crippen LogP contribution in [0.15, 0.2) is 40.1 Å². The first kappa shape index (κ1) is 26.0. The first-order valence-electron chi connectivity index (χ1n) is 11.9. The molecule has 0 aliphatic carbocycles. The van der Waals surface area contributed by atoms with E-state index < -0.39 is 0 Å². The number of aromatic nitrogens is 5. The molecule has 0 aliphatic rings. The van der Waals surface area contributed by atoms with E-state index in [0.29, 0.717) is 57.0 Å². The van der Waals surface area contributed by atoms with Gasteiger partial charge in [-0.05, 0) is 18.9 Å². The highest BCUT2D eigenvalue weighted by atomic mass is 35.5. The fraction of sp³-hybridized carbons (Fsp3) is 0.400. The Bertz CT molecular complexity index is 1370. The molecule has 0 atom stereocenters. The first-order valence-corrected chi connectivity index (χ1v) is 13.1. The van der Waals surface area contributed by atoms with Gasteiger partial charge in [0.1, 0.15) is 22.8 Å². The number of rotatable bonds is 10. The molecule has 0 saturated heterocycles. The van der Waals surface area contributed by atoms with E-state index in [0.717, 1.165) is 23.4 Å². The smallest absolute Gasteiger partial charge is 0.257 e. The molecule has 2 N–H and O–H groups in total. The van der Waals surface area contributed by atoms with Crippen LogP contribution in [0.4, 0.5) is 5.82 Å². The van der Waals surface area contributed by atoms with Crippen molar-refractivity contribution in [1.82, 2.24) is 30.2 Å². The number of thioether (sulfide) groups is 1. The number of amides is 1. The van der Waals surface area contributed by atoms with Gasteiger partial charge in [-0.2, -0.15) is 5.10 Å². The van der Waals surface area contributed by atoms with Crippen LogP contribution in [-0.4, -0.2) is 49.2 Å². The number of hydrogen-bond acceptors (Lipinski definition) is 8. The lowest BCUT2D eigenvalue weighted by Gasteiger charge is -2.12. The predicted molar refractivity (Wildman–Crippen MR) is 144 cm³/mol. The molecule has 0 spiro atoms. The molecule has 0 bridgehead atoms. The summed E-state index contributed by atoms with van der Waals surface area (Å²) < 4.78 is 7.11. The number of benzene rings is 1. The van der Waals surface area contributed by atoms with Crippen LogP contribution < -0.4 is 10.6 Å². The van der Waals surface area contributed by atoms with Gasteiger partial charge >= 0.3 is 0 Å². The third-order valence-corrected chi connectivity index (χ3v) is 6.52. The van der Waals surface area contributed by atoms with E-state index in [2.05, 4.69) is 48.6 Å². The number of nitrogens with one attached hydrogen (secondary N) is 2. The van der Waals surface area contributed by atoms with E-state index in [9.17, 15) is 4.79 Å².